The van der Waals surface area contributed by atoms with Gasteiger partial charge in [-0.1, -0.05) is 99.1 Å². The quantitative estimate of drug-likeness (QED) is 0.205. The average molecular weight is 566 g/mol. The van der Waals surface area contributed by atoms with E-state index in [0.717, 1.165) is 17.1 Å². The van der Waals surface area contributed by atoms with E-state index >= 15 is 0 Å². The van der Waals surface area contributed by atoms with Crippen LogP contribution in [0.15, 0.2) is 140 Å². The maximum atomic E-state index is 2.39. The number of hydrogen-bond donors (Lipinski definition) is 0. The van der Waals surface area contributed by atoms with Gasteiger partial charge in [0, 0.05) is 17.1 Å². The van der Waals surface area contributed by atoms with Crippen molar-refractivity contribution in [3.05, 3.63) is 151 Å². The maximum absolute atomic E-state index is 2.39. The van der Waals surface area contributed by atoms with Crippen LogP contribution in [0.2, 0.25) is 0 Å². The molecule has 1 nitrogen and oxygen atoms in total. The van der Waals surface area contributed by atoms with Gasteiger partial charge in [0.25, 0.3) is 0 Å². The summed E-state index contributed by atoms with van der Waals surface area (Å²) in [5.74, 6) is 0. The maximum Gasteiger partial charge on any atom is 0.0468 e. The summed E-state index contributed by atoms with van der Waals surface area (Å²) in [6.45, 7) is 8.93. The van der Waals surface area contributed by atoms with Crippen LogP contribution in [-0.2, 0) is 5.41 Å². The molecule has 8 rings (SSSR count). The van der Waals surface area contributed by atoms with Crippen molar-refractivity contribution in [2.45, 2.75) is 33.1 Å². The van der Waals surface area contributed by atoms with Crippen molar-refractivity contribution in [3.8, 4) is 33.4 Å². The number of anilines is 3. The summed E-state index contributed by atoms with van der Waals surface area (Å²) in [4.78, 5) is 2.34. The van der Waals surface area contributed by atoms with Gasteiger partial charge in [0.15, 0.2) is 0 Å². The highest BCUT2D eigenvalue weighted by Gasteiger charge is 2.24. The lowest BCUT2D eigenvalue weighted by atomic mass is 9.77. The molecule has 212 valence electrons. The lowest BCUT2D eigenvalue weighted by Gasteiger charge is -2.28. The van der Waals surface area contributed by atoms with Gasteiger partial charge in [-0.15, -0.1) is 0 Å². The molecule has 0 saturated carbocycles. The molecule has 7 aromatic rings. The molecule has 0 N–H and O–H groups in total. The minimum Gasteiger partial charge on any atom is -0.310 e. The number of rotatable bonds is 4. The van der Waals surface area contributed by atoms with E-state index in [1.54, 1.807) is 0 Å². The molecule has 0 heterocycles. The third-order valence-corrected chi connectivity index (χ3v) is 9.17. The third-order valence-electron chi connectivity index (χ3n) is 9.17. The normalized spacial score (nSPS) is 12.1. The van der Waals surface area contributed by atoms with Gasteiger partial charge in [0.2, 0.25) is 0 Å². The van der Waals surface area contributed by atoms with Gasteiger partial charge >= 0.3 is 0 Å². The van der Waals surface area contributed by atoms with Gasteiger partial charge in [0.1, 0.15) is 0 Å². The van der Waals surface area contributed by atoms with E-state index in [1.165, 1.54) is 66.1 Å². The van der Waals surface area contributed by atoms with E-state index in [9.17, 15) is 0 Å². The van der Waals surface area contributed by atoms with E-state index in [0.29, 0.717) is 0 Å². The van der Waals surface area contributed by atoms with Gasteiger partial charge in [-0.25, -0.2) is 0 Å². The summed E-state index contributed by atoms with van der Waals surface area (Å²) in [5, 5.41) is 5.10. The van der Waals surface area contributed by atoms with E-state index in [2.05, 4.69) is 172 Å². The second-order valence-electron chi connectivity index (χ2n) is 13.2. The molecule has 0 aliphatic heterocycles. The fourth-order valence-electron chi connectivity index (χ4n) is 6.61. The van der Waals surface area contributed by atoms with Crippen LogP contribution in [0.1, 0.15) is 31.9 Å². The predicted molar refractivity (Wildman–Crippen MR) is 189 cm³/mol. The zero-order chi connectivity index (χ0) is 30.0. The minimum atomic E-state index is 0.156. The SMILES string of the molecule is Cc1ccc(N(c2ccccc2)c2ccc3cc4c(cc3c2)-c2cc3cc(-c5ccc(C(C)(C)C)cc5)ccc3cc2-4)cc1. The number of fused-ring (bicyclic) bond motifs is 6. The molecule has 0 fully saturated rings. The molecule has 1 aliphatic rings. The Morgan fingerprint density at radius 2 is 0.909 bits per heavy atom. The van der Waals surface area contributed by atoms with E-state index in [-0.39, 0.29) is 5.41 Å². The molecule has 44 heavy (non-hydrogen) atoms. The number of nitrogens with zero attached hydrogens (tertiary/aromatic N) is 1. The summed E-state index contributed by atoms with van der Waals surface area (Å²) in [6, 6.07) is 51.7. The smallest absolute Gasteiger partial charge is 0.0468 e. The molecule has 0 unspecified atom stereocenters. The second-order valence-corrected chi connectivity index (χ2v) is 13.2. The first-order valence-electron chi connectivity index (χ1n) is 15.5. The van der Waals surface area contributed by atoms with Crippen molar-refractivity contribution in [1.29, 1.82) is 0 Å². The van der Waals surface area contributed by atoms with Crippen molar-refractivity contribution < 1.29 is 0 Å². The largest absolute Gasteiger partial charge is 0.310 e. The third kappa shape index (κ3) is 4.48. The molecule has 0 saturated heterocycles. The molecule has 0 radical (unpaired) electrons. The van der Waals surface area contributed by atoms with Crippen LogP contribution in [0.5, 0.6) is 0 Å². The predicted octanol–water partition coefficient (Wildman–Crippen LogP) is 12.4. The molecule has 1 aliphatic carbocycles. The van der Waals surface area contributed by atoms with Gasteiger partial charge < -0.3 is 4.90 Å². The van der Waals surface area contributed by atoms with Crippen LogP contribution in [0.4, 0.5) is 17.1 Å². The summed E-state index contributed by atoms with van der Waals surface area (Å²) in [5.41, 5.74) is 14.2. The van der Waals surface area contributed by atoms with Gasteiger partial charge in [0.05, 0.1) is 0 Å². The van der Waals surface area contributed by atoms with E-state index in [1.807, 2.05) is 0 Å². The highest BCUT2D eigenvalue weighted by atomic mass is 15.1. The fourth-order valence-corrected chi connectivity index (χ4v) is 6.61. The van der Waals surface area contributed by atoms with Crippen molar-refractivity contribution >= 4 is 38.6 Å². The van der Waals surface area contributed by atoms with E-state index < -0.39 is 0 Å². The molecule has 0 aromatic heterocycles. The van der Waals surface area contributed by atoms with Crippen molar-refractivity contribution in [1.82, 2.24) is 0 Å². The van der Waals surface area contributed by atoms with Gasteiger partial charge in [-0.3, -0.25) is 0 Å². The van der Waals surface area contributed by atoms with Crippen LogP contribution in [0.25, 0.3) is 54.9 Å². The Kier molecular flexibility index (Phi) is 6.00. The Labute approximate surface area is 260 Å². The number of para-hydroxylation sites is 1. The number of aryl methyl sites for hydroxylation is 1. The lowest BCUT2D eigenvalue weighted by molar-refractivity contribution is 0.590. The first kappa shape index (κ1) is 26.5. The molecule has 0 atom stereocenters. The second kappa shape index (κ2) is 9.96. The summed E-state index contributed by atoms with van der Waals surface area (Å²) < 4.78 is 0. The van der Waals surface area contributed by atoms with Gasteiger partial charge in [-0.2, -0.15) is 0 Å². The van der Waals surface area contributed by atoms with Crippen LogP contribution < -0.4 is 4.90 Å². The molecule has 7 aromatic carbocycles. The Morgan fingerprint density at radius 3 is 1.52 bits per heavy atom. The molecule has 1 heteroatoms. The van der Waals surface area contributed by atoms with Crippen molar-refractivity contribution in [3.63, 3.8) is 0 Å². The van der Waals surface area contributed by atoms with Crippen LogP contribution in [-0.4, -0.2) is 0 Å². The Hall–Kier alpha value is -5.14. The fraction of sp³-hybridized carbons (Fsp3) is 0.116. The van der Waals surface area contributed by atoms with Crippen LogP contribution in [0.3, 0.4) is 0 Å². The summed E-state index contributed by atoms with van der Waals surface area (Å²) >= 11 is 0. The first-order chi connectivity index (χ1) is 21.3. The molecule has 0 spiro atoms. The van der Waals surface area contributed by atoms with Crippen molar-refractivity contribution in [2.24, 2.45) is 0 Å². The van der Waals surface area contributed by atoms with E-state index in [4.69, 9.17) is 0 Å². The van der Waals surface area contributed by atoms with Crippen molar-refractivity contribution in [2.75, 3.05) is 4.90 Å². The number of benzene rings is 7. The zero-order valence-corrected chi connectivity index (χ0v) is 25.7. The number of hydrogen-bond acceptors (Lipinski definition) is 1. The summed E-state index contributed by atoms with van der Waals surface area (Å²) in [7, 11) is 0. The summed E-state index contributed by atoms with van der Waals surface area (Å²) in [6.07, 6.45) is 0. The topological polar surface area (TPSA) is 3.24 Å². The Bertz CT molecular complexity index is 2180. The lowest BCUT2D eigenvalue weighted by Crippen LogP contribution is -2.10. The van der Waals surface area contributed by atoms with Gasteiger partial charge in [-0.05, 0) is 140 Å². The van der Waals surface area contributed by atoms with Crippen LogP contribution in [0, 0.1) is 6.92 Å². The Balaban J connectivity index is 1.18. The monoisotopic (exact) mass is 565 g/mol. The standard InChI is InChI=1S/C43H35N/c1-28-10-19-37(20-11-28)44(36-8-6-5-7-9-36)38-21-16-32-25-40-39-24-31-13-12-30(29-14-17-35(18-15-29)43(2,3)4)22-33(31)26-41(39)42(40)27-34(32)23-38/h5-27H,1-4H3. The molecular formula is C43H35N. The molecule has 0 bridgehead atoms. The highest BCUT2D eigenvalue weighted by molar-refractivity contribution is 6.12. The average Bonchev–Trinajstić information content (AvgIpc) is 3.04. The minimum absolute atomic E-state index is 0.156. The van der Waals surface area contributed by atoms with Crippen LogP contribution >= 0.6 is 0 Å². The zero-order valence-electron chi connectivity index (χ0n) is 25.7. The highest BCUT2D eigenvalue weighted by Crippen LogP contribution is 2.51. The first-order valence-corrected chi connectivity index (χ1v) is 15.5. The molecular weight excluding hydrogens is 530 g/mol. The Morgan fingerprint density at radius 1 is 0.409 bits per heavy atom. The molecule has 0 amide bonds.